The lowest BCUT2D eigenvalue weighted by molar-refractivity contribution is 0.0878. The van der Waals surface area contributed by atoms with E-state index in [2.05, 4.69) is 13.8 Å². The zero-order valence-electron chi connectivity index (χ0n) is 12.7. The summed E-state index contributed by atoms with van der Waals surface area (Å²) >= 11 is 0. The van der Waals surface area contributed by atoms with Crippen LogP contribution in [0.3, 0.4) is 0 Å². The lowest BCUT2D eigenvalue weighted by Gasteiger charge is -2.32. The smallest absolute Gasteiger partial charge is 0.118 e. The van der Waals surface area contributed by atoms with Crippen molar-refractivity contribution in [1.82, 2.24) is 0 Å². The first-order chi connectivity index (χ1) is 9.10. The van der Waals surface area contributed by atoms with E-state index < -0.39 is 5.60 Å². The molecule has 0 aliphatic heterocycles. The molecule has 6 heteroatoms. The predicted molar refractivity (Wildman–Crippen MR) is 88.1 cm³/mol. The van der Waals surface area contributed by atoms with Gasteiger partial charge in [0.05, 0.1) is 6.61 Å². The summed E-state index contributed by atoms with van der Waals surface area (Å²) in [5.41, 5.74) is 0.768. The van der Waals surface area contributed by atoms with Crippen molar-refractivity contribution >= 4 is 53.2 Å². The average molecular weight is 262 g/mol. The normalized spacial score (nSPS) is 11.9. The molecule has 0 spiro atoms. The fourth-order valence-corrected chi connectivity index (χ4v) is 2.44. The number of rotatable bonds is 5. The van der Waals surface area contributed by atoms with Crippen LogP contribution in [0.2, 0.25) is 0 Å². The Bertz CT molecular complexity index is 469. The summed E-state index contributed by atoms with van der Waals surface area (Å²) < 4.78 is 5.94. The Morgan fingerprint density at radius 3 is 1.80 bits per heavy atom. The molecular formula is C14H18B4O2. The van der Waals surface area contributed by atoms with Crippen LogP contribution < -0.4 is 26.6 Å². The molecule has 0 heterocycles. The highest BCUT2D eigenvalue weighted by Gasteiger charge is 2.24. The molecule has 0 atom stereocenters. The number of hydrogen-bond acceptors (Lipinski definition) is 2. The highest BCUT2D eigenvalue weighted by Crippen LogP contribution is 2.21. The Morgan fingerprint density at radius 1 is 1.00 bits per heavy atom. The van der Waals surface area contributed by atoms with E-state index in [4.69, 9.17) is 36.1 Å². The van der Waals surface area contributed by atoms with Crippen LogP contribution in [0.1, 0.15) is 39.7 Å². The molecule has 1 N–H and O–H groups in total. The molecule has 0 unspecified atom stereocenters. The van der Waals surface area contributed by atoms with Crippen LogP contribution in [0.25, 0.3) is 0 Å². The van der Waals surface area contributed by atoms with Crippen LogP contribution in [-0.2, 0) is 6.61 Å². The minimum absolute atomic E-state index is 0.217. The van der Waals surface area contributed by atoms with Gasteiger partial charge < -0.3 is 9.84 Å². The van der Waals surface area contributed by atoms with Gasteiger partial charge in [-0.25, -0.2) is 0 Å². The van der Waals surface area contributed by atoms with Gasteiger partial charge in [-0.15, -0.1) is 0 Å². The Balaban J connectivity index is 3.27. The van der Waals surface area contributed by atoms with Gasteiger partial charge in [-0.3, -0.25) is 0 Å². The predicted octanol–water partition coefficient (Wildman–Crippen LogP) is -1.44. The molecule has 98 valence electrons. The SMILES string of the molecule is [B]c1c([B])c(OC(C)(C)CC(C)C)c([B])c([B])c1CO. The zero-order valence-corrected chi connectivity index (χ0v) is 12.7. The van der Waals surface area contributed by atoms with E-state index in [-0.39, 0.29) is 28.5 Å². The first-order valence-corrected chi connectivity index (χ1v) is 6.65. The monoisotopic (exact) mass is 262 g/mol. The standard InChI is InChI=1S/C14H18B4O2/c1-7(2)5-14(3,4)20-13-11(17)9(15)8(6-19)10(16)12(13)18/h7,19H,5-6H2,1-4H3. The Hall–Kier alpha value is -0.760. The minimum Gasteiger partial charge on any atom is -0.489 e. The van der Waals surface area contributed by atoms with Gasteiger partial charge in [-0.2, -0.15) is 0 Å². The Kier molecular flexibility index (Phi) is 5.48. The third-order valence-corrected chi connectivity index (χ3v) is 3.16. The lowest BCUT2D eigenvalue weighted by Crippen LogP contribution is -2.47. The first kappa shape index (κ1) is 17.3. The Morgan fingerprint density at radius 2 is 1.45 bits per heavy atom. The van der Waals surface area contributed by atoms with Crippen LogP contribution >= 0.6 is 0 Å². The van der Waals surface area contributed by atoms with Gasteiger partial charge in [0.15, 0.2) is 0 Å². The third kappa shape index (κ3) is 3.66. The molecule has 20 heavy (non-hydrogen) atoms. The van der Waals surface area contributed by atoms with E-state index in [9.17, 15) is 5.11 Å². The summed E-state index contributed by atoms with van der Waals surface area (Å²) in [6, 6.07) is 0. The highest BCUT2D eigenvalue weighted by molar-refractivity contribution is 6.58. The largest absolute Gasteiger partial charge is 0.489 e. The molecule has 2 nitrogen and oxygen atoms in total. The molecular weight excluding hydrogens is 243 g/mol. The van der Waals surface area contributed by atoms with Crippen molar-refractivity contribution in [2.75, 3.05) is 0 Å². The maximum absolute atomic E-state index is 9.28. The molecule has 0 amide bonds. The second-order valence-electron chi connectivity index (χ2n) is 6.08. The van der Waals surface area contributed by atoms with Crippen molar-refractivity contribution in [2.45, 2.75) is 46.3 Å². The number of hydrogen-bond donors (Lipinski definition) is 1. The fourth-order valence-electron chi connectivity index (χ4n) is 2.44. The third-order valence-electron chi connectivity index (χ3n) is 3.16. The molecule has 0 aliphatic carbocycles. The molecule has 0 saturated carbocycles. The summed E-state index contributed by atoms with van der Waals surface area (Å²) in [6.07, 6.45) is 0.827. The van der Waals surface area contributed by atoms with E-state index in [1.165, 1.54) is 0 Å². The minimum atomic E-state index is -0.448. The number of benzene rings is 1. The molecule has 0 bridgehead atoms. The van der Waals surface area contributed by atoms with Crippen molar-refractivity contribution in [3.05, 3.63) is 5.56 Å². The second kappa shape index (κ2) is 6.34. The van der Waals surface area contributed by atoms with Crippen molar-refractivity contribution in [1.29, 1.82) is 0 Å². The average Bonchev–Trinajstić information content (AvgIpc) is 2.31. The summed E-state index contributed by atoms with van der Waals surface area (Å²) in [7, 11) is 23.7. The molecule has 0 saturated heterocycles. The number of aliphatic hydroxyl groups excluding tert-OH is 1. The molecule has 0 aromatic heterocycles. The van der Waals surface area contributed by atoms with Crippen LogP contribution in [0.4, 0.5) is 0 Å². The quantitative estimate of drug-likeness (QED) is 0.658. The molecule has 0 aliphatic rings. The van der Waals surface area contributed by atoms with Gasteiger partial charge >= 0.3 is 0 Å². The van der Waals surface area contributed by atoms with Crippen LogP contribution in [0.5, 0.6) is 5.75 Å². The van der Waals surface area contributed by atoms with Gasteiger partial charge in [0, 0.05) is 0 Å². The van der Waals surface area contributed by atoms with E-state index in [0.717, 1.165) is 6.42 Å². The van der Waals surface area contributed by atoms with Crippen molar-refractivity contribution in [3.63, 3.8) is 0 Å². The number of aliphatic hydroxyl groups is 1. The fraction of sp³-hybridized carbons (Fsp3) is 0.571. The summed E-state index contributed by atoms with van der Waals surface area (Å²) in [6.45, 7) is 7.81. The van der Waals surface area contributed by atoms with E-state index in [1.54, 1.807) is 0 Å². The van der Waals surface area contributed by atoms with Gasteiger partial charge in [0.1, 0.15) is 42.7 Å². The van der Waals surface area contributed by atoms with Gasteiger partial charge in [0.25, 0.3) is 0 Å². The molecule has 8 radical (unpaired) electrons. The van der Waals surface area contributed by atoms with Gasteiger partial charge in [0.2, 0.25) is 0 Å². The summed E-state index contributed by atoms with van der Waals surface area (Å²) in [4.78, 5) is 0. The van der Waals surface area contributed by atoms with E-state index >= 15 is 0 Å². The summed E-state index contributed by atoms with van der Waals surface area (Å²) in [5.74, 6) is 0.752. The van der Waals surface area contributed by atoms with Crippen LogP contribution in [0.15, 0.2) is 0 Å². The van der Waals surface area contributed by atoms with Crippen molar-refractivity contribution in [2.24, 2.45) is 5.92 Å². The lowest BCUT2D eigenvalue weighted by atomic mass is 9.66. The van der Waals surface area contributed by atoms with Crippen molar-refractivity contribution < 1.29 is 9.84 Å². The zero-order chi connectivity index (χ0) is 15.7. The van der Waals surface area contributed by atoms with Gasteiger partial charge in [-0.05, 0) is 31.7 Å². The van der Waals surface area contributed by atoms with Gasteiger partial charge in [-0.1, -0.05) is 35.7 Å². The first-order valence-electron chi connectivity index (χ1n) is 6.65. The van der Waals surface area contributed by atoms with E-state index in [0.29, 0.717) is 17.2 Å². The molecule has 1 aromatic carbocycles. The molecule has 1 rings (SSSR count). The second-order valence-corrected chi connectivity index (χ2v) is 6.08. The molecule has 1 aromatic rings. The van der Waals surface area contributed by atoms with E-state index in [1.807, 2.05) is 13.8 Å². The maximum Gasteiger partial charge on any atom is 0.118 e. The van der Waals surface area contributed by atoms with Crippen LogP contribution in [-0.4, -0.2) is 42.1 Å². The molecule has 0 fully saturated rings. The maximum atomic E-state index is 9.28. The summed E-state index contributed by atoms with van der Waals surface area (Å²) in [5, 5.41) is 9.28. The topological polar surface area (TPSA) is 29.5 Å². The van der Waals surface area contributed by atoms with Crippen LogP contribution in [0, 0.1) is 5.92 Å². The number of ether oxygens (including phenoxy) is 1. The highest BCUT2D eigenvalue weighted by atomic mass is 16.5. The van der Waals surface area contributed by atoms with Crippen molar-refractivity contribution in [3.8, 4) is 5.75 Å². The Labute approximate surface area is 127 Å².